The maximum atomic E-state index is 11.9. The molecule has 1 aromatic rings. The number of aromatic nitrogens is 1. The predicted molar refractivity (Wildman–Crippen MR) is 53.3 cm³/mol. The third-order valence-electron chi connectivity index (χ3n) is 3.19. The van der Waals surface area contributed by atoms with Gasteiger partial charge in [-0.25, -0.2) is 0 Å². The summed E-state index contributed by atoms with van der Waals surface area (Å²) in [4.78, 5) is 11.9. The van der Waals surface area contributed by atoms with Crippen molar-refractivity contribution in [3.05, 3.63) is 18.0 Å². The maximum absolute atomic E-state index is 11.9. The highest BCUT2D eigenvalue weighted by molar-refractivity contribution is 5.82. The van der Waals surface area contributed by atoms with Gasteiger partial charge in [0.25, 0.3) is 0 Å². The Balaban J connectivity index is 2.34. The van der Waals surface area contributed by atoms with Crippen molar-refractivity contribution in [2.75, 3.05) is 7.11 Å². The minimum atomic E-state index is -0.580. The van der Waals surface area contributed by atoms with E-state index in [1.807, 2.05) is 0 Å². The molecule has 0 spiro atoms. The van der Waals surface area contributed by atoms with Crippen LogP contribution in [0.3, 0.4) is 0 Å². The SMILES string of the molecule is COC(=O)C1(c2ccno2)CCCCC1. The Bertz CT molecular complexity index is 326. The molecule has 0 amide bonds. The normalized spacial score (nSPS) is 19.8. The molecule has 4 nitrogen and oxygen atoms in total. The van der Waals surface area contributed by atoms with Crippen LogP contribution in [0.4, 0.5) is 0 Å². The average molecular weight is 209 g/mol. The molecule has 0 aliphatic heterocycles. The molecule has 1 aliphatic rings. The largest absolute Gasteiger partial charge is 0.468 e. The van der Waals surface area contributed by atoms with Crippen LogP contribution >= 0.6 is 0 Å². The molecule has 0 bridgehead atoms. The van der Waals surface area contributed by atoms with E-state index in [-0.39, 0.29) is 5.97 Å². The van der Waals surface area contributed by atoms with Crippen molar-refractivity contribution < 1.29 is 14.1 Å². The topological polar surface area (TPSA) is 52.3 Å². The fraction of sp³-hybridized carbons (Fsp3) is 0.636. The standard InChI is InChI=1S/C11H15NO3/c1-14-10(13)11(6-3-2-4-7-11)9-5-8-12-15-9/h5,8H,2-4,6-7H2,1H3. The van der Waals surface area contributed by atoms with E-state index < -0.39 is 5.41 Å². The molecule has 1 aromatic heterocycles. The van der Waals surface area contributed by atoms with Gasteiger partial charge in [-0.15, -0.1) is 0 Å². The Hall–Kier alpha value is -1.32. The number of methoxy groups -OCH3 is 1. The first-order valence-electron chi connectivity index (χ1n) is 5.29. The number of rotatable bonds is 2. The second-order valence-corrected chi connectivity index (χ2v) is 4.01. The third kappa shape index (κ3) is 1.64. The first-order chi connectivity index (χ1) is 7.29. The molecular weight excluding hydrogens is 194 g/mol. The molecule has 2 rings (SSSR count). The number of ether oxygens (including phenoxy) is 1. The number of hydrogen-bond donors (Lipinski definition) is 0. The van der Waals surface area contributed by atoms with Crippen molar-refractivity contribution in [1.82, 2.24) is 5.16 Å². The van der Waals surface area contributed by atoms with Crippen LogP contribution in [0.1, 0.15) is 37.9 Å². The lowest BCUT2D eigenvalue weighted by atomic mass is 9.72. The van der Waals surface area contributed by atoms with Crippen LogP contribution in [0, 0.1) is 0 Å². The van der Waals surface area contributed by atoms with Crippen LogP contribution in [0.5, 0.6) is 0 Å². The van der Waals surface area contributed by atoms with Gasteiger partial charge in [-0.2, -0.15) is 0 Å². The summed E-state index contributed by atoms with van der Waals surface area (Å²) >= 11 is 0. The summed E-state index contributed by atoms with van der Waals surface area (Å²) in [5.74, 6) is 0.452. The molecule has 0 radical (unpaired) electrons. The summed E-state index contributed by atoms with van der Waals surface area (Å²) in [6.07, 6.45) is 6.43. The highest BCUT2D eigenvalue weighted by atomic mass is 16.5. The molecule has 0 atom stereocenters. The summed E-state index contributed by atoms with van der Waals surface area (Å²) in [6.45, 7) is 0. The molecule has 1 saturated carbocycles. The zero-order valence-electron chi connectivity index (χ0n) is 8.86. The van der Waals surface area contributed by atoms with Crippen LogP contribution in [-0.2, 0) is 14.9 Å². The highest BCUT2D eigenvalue weighted by Gasteiger charge is 2.45. The fourth-order valence-corrected chi connectivity index (χ4v) is 2.36. The van der Waals surface area contributed by atoms with Gasteiger partial charge in [0.15, 0.2) is 5.76 Å². The van der Waals surface area contributed by atoms with E-state index in [0.29, 0.717) is 5.76 Å². The molecule has 0 aromatic carbocycles. The molecule has 82 valence electrons. The lowest BCUT2D eigenvalue weighted by Crippen LogP contribution is -2.38. The smallest absolute Gasteiger partial charge is 0.319 e. The molecule has 0 N–H and O–H groups in total. The summed E-state index contributed by atoms with van der Waals surface area (Å²) in [5, 5.41) is 3.68. The van der Waals surface area contributed by atoms with Crippen molar-refractivity contribution in [3.63, 3.8) is 0 Å². The van der Waals surface area contributed by atoms with E-state index in [0.717, 1.165) is 25.7 Å². The van der Waals surface area contributed by atoms with Crippen molar-refractivity contribution in [2.24, 2.45) is 0 Å². The number of carbonyl (C=O) groups excluding carboxylic acids is 1. The summed E-state index contributed by atoms with van der Waals surface area (Å²) in [7, 11) is 1.43. The summed E-state index contributed by atoms with van der Waals surface area (Å²) < 4.78 is 10.0. The van der Waals surface area contributed by atoms with Crippen LogP contribution in [0.25, 0.3) is 0 Å². The Morgan fingerprint density at radius 3 is 2.73 bits per heavy atom. The van der Waals surface area contributed by atoms with Gasteiger partial charge < -0.3 is 9.26 Å². The minimum absolute atomic E-state index is 0.195. The van der Waals surface area contributed by atoms with Gasteiger partial charge in [0.05, 0.1) is 13.3 Å². The summed E-state index contributed by atoms with van der Waals surface area (Å²) in [6, 6.07) is 1.77. The molecule has 1 aliphatic carbocycles. The van der Waals surface area contributed by atoms with E-state index in [4.69, 9.17) is 9.26 Å². The minimum Gasteiger partial charge on any atom is -0.468 e. The number of nitrogens with zero attached hydrogens (tertiary/aromatic N) is 1. The van der Waals surface area contributed by atoms with Gasteiger partial charge in [0, 0.05) is 6.07 Å². The molecule has 1 heterocycles. The van der Waals surface area contributed by atoms with E-state index in [9.17, 15) is 4.79 Å². The first kappa shape index (κ1) is 10.2. The molecular formula is C11H15NO3. The summed E-state index contributed by atoms with van der Waals surface area (Å²) in [5.41, 5.74) is -0.580. The molecule has 0 saturated heterocycles. The van der Waals surface area contributed by atoms with Gasteiger partial charge in [-0.1, -0.05) is 24.4 Å². The second kappa shape index (κ2) is 4.04. The zero-order valence-corrected chi connectivity index (χ0v) is 8.86. The highest BCUT2D eigenvalue weighted by Crippen LogP contribution is 2.40. The zero-order chi connectivity index (χ0) is 10.7. The Kier molecular flexibility index (Phi) is 2.75. The predicted octanol–water partition coefficient (Wildman–Crippen LogP) is 2.05. The lowest BCUT2D eigenvalue weighted by molar-refractivity contribution is -0.150. The van der Waals surface area contributed by atoms with E-state index in [1.54, 1.807) is 12.3 Å². The van der Waals surface area contributed by atoms with Crippen LogP contribution in [0.15, 0.2) is 16.8 Å². The lowest BCUT2D eigenvalue weighted by Gasteiger charge is -2.31. The molecule has 15 heavy (non-hydrogen) atoms. The molecule has 4 heteroatoms. The number of hydrogen-bond acceptors (Lipinski definition) is 4. The van der Waals surface area contributed by atoms with Gasteiger partial charge in [0.1, 0.15) is 5.41 Å². The Labute approximate surface area is 88.6 Å². The van der Waals surface area contributed by atoms with Crippen LogP contribution in [0.2, 0.25) is 0 Å². The van der Waals surface area contributed by atoms with Crippen LogP contribution in [-0.4, -0.2) is 18.2 Å². The Morgan fingerprint density at radius 2 is 2.20 bits per heavy atom. The quantitative estimate of drug-likeness (QED) is 0.699. The number of esters is 1. The van der Waals surface area contributed by atoms with E-state index in [2.05, 4.69) is 5.16 Å². The first-order valence-corrected chi connectivity index (χ1v) is 5.29. The maximum Gasteiger partial charge on any atom is 0.319 e. The van der Waals surface area contributed by atoms with Gasteiger partial charge in [0.2, 0.25) is 0 Å². The van der Waals surface area contributed by atoms with E-state index in [1.165, 1.54) is 13.5 Å². The van der Waals surface area contributed by atoms with Crippen molar-refractivity contribution >= 4 is 5.97 Å². The average Bonchev–Trinajstić information content (AvgIpc) is 2.83. The van der Waals surface area contributed by atoms with Gasteiger partial charge in [-0.3, -0.25) is 4.79 Å². The van der Waals surface area contributed by atoms with Crippen molar-refractivity contribution in [1.29, 1.82) is 0 Å². The molecule has 1 fully saturated rings. The van der Waals surface area contributed by atoms with Crippen molar-refractivity contribution in [2.45, 2.75) is 37.5 Å². The van der Waals surface area contributed by atoms with Gasteiger partial charge >= 0.3 is 5.97 Å². The van der Waals surface area contributed by atoms with Gasteiger partial charge in [-0.05, 0) is 12.8 Å². The van der Waals surface area contributed by atoms with Crippen molar-refractivity contribution in [3.8, 4) is 0 Å². The monoisotopic (exact) mass is 209 g/mol. The number of carbonyl (C=O) groups is 1. The molecule has 0 unspecified atom stereocenters. The second-order valence-electron chi connectivity index (χ2n) is 4.01. The van der Waals surface area contributed by atoms with Crippen LogP contribution < -0.4 is 0 Å². The van der Waals surface area contributed by atoms with E-state index >= 15 is 0 Å². The third-order valence-corrected chi connectivity index (χ3v) is 3.19. The fourth-order valence-electron chi connectivity index (χ4n) is 2.36. The Morgan fingerprint density at radius 1 is 1.47 bits per heavy atom.